The minimum Gasteiger partial charge on any atom is -0.293 e. The molecule has 140 valence electrons. The molecule has 2 aromatic carbocycles. The van der Waals surface area contributed by atoms with Gasteiger partial charge in [0.1, 0.15) is 0 Å². The third-order valence-electron chi connectivity index (χ3n) is 4.44. The zero-order valence-electron chi connectivity index (χ0n) is 15.8. The lowest BCUT2D eigenvalue weighted by molar-refractivity contribution is -0.241. The van der Waals surface area contributed by atoms with E-state index in [1.165, 1.54) is 38.5 Å². The van der Waals surface area contributed by atoms with Gasteiger partial charge in [-0.15, -0.1) is 0 Å². The van der Waals surface area contributed by atoms with Crippen molar-refractivity contribution in [3.8, 4) is 11.1 Å². The molecule has 0 unspecified atom stereocenters. The standard InChI is InChI=1S/C23H30O3/c1-2-3-4-5-6-7-8-12-19-25-26-23(24)22-17-15-21(16-18-22)20-13-10-9-11-14-20/h9-11,13-18H,2-8,12,19H2,1H3. The topological polar surface area (TPSA) is 35.5 Å². The fourth-order valence-electron chi connectivity index (χ4n) is 2.87. The summed E-state index contributed by atoms with van der Waals surface area (Å²) in [5.41, 5.74) is 2.70. The maximum Gasteiger partial charge on any atom is 0.373 e. The molecule has 3 nitrogen and oxygen atoms in total. The summed E-state index contributed by atoms with van der Waals surface area (Å²) in [5, 5.41) is 0. The average Bonchev–Trinajstić information content (AvgIpc) is 2.70. The molecule has 0 fully saturated rings. The Morgan fingerprint density at radius 1 is 0.731 bits per heavy atom. The normalized spacial score (nSPS) is 10.7. The van der Waals surface area contributed by atoms with Crippen LogP contribution in [0, 0.1) is 0 Å². The Hall–Kier alpha value is -2.13. The lowest BCUT2D eigenvalue weighted by atomic mass is 10.0. The summed E-state index contributed by atoms with van der Waals surface area (Å²) in [6, 6.07) is 17.4. The van der Waals surface area contributed by atoms with Gasteiger partial charge in [0.2, 0.25) is 0 Å². The van der Waals surface area contributed by atoms with Gasteiger partial charge >= 0.3 is 5.97 Å². The van der Waals surface area contributed by atoms with Crippen molar-refractivity contribution in [1.29, 1.82) is 0 Å². The maximum atomic E-state index is 12.0. The van der Waals surface area contributed by atoms with Crippen LogP contribution in [0.2, 0.25) is 0 Å². The van der Waals surface area contributed by atoms with E-state index in [1.807, 2.05) is 42.5 Å². The van der Waals surface area contributed by atoms with Crippen molar-refractivity contribution < 1.29 is 14.6 Å². The van der Waals surface area contributed by atoms with Crippen LogP contribution in [-0.2, 0) is 9.78 Å². The minimum atomic E-state index is -0.441. The summed E-state index contributed by atoms with van der Waals surface area (Å²) < 4.78 is 0. The Kier molecular flexibility index (Phi) is 9.52. The molecule has 0 bridgehead atoms. The third-order valence-corrected chi connectivity index (χ3v) is 4.44. The predicted octanol–water partition coefficient (Wildman–Crippen LogP) is 6.58. The van der Waals surface area contributed by atoms with Crippen LogP contribution < -0.4 is 0 Å². The van der Waals surface area contributed by atoms with E-state index in [0.717, 1.165) is 24.0 Å². The van der Waals surface area contributed by atoms with Crippen LogP contribution in [0.1, 0.15) is 68.6 Å². The van der Waals surface area contributed by atoms with Gasteiger partial charge in [-0.2, -0.15) is 4.89 Å². The highest BCUT2D eigenvalue weighted by molar-refractivity contribution is 5.89. The first-order valence-electron chi connectivity index (χ1n) is 9.80. The lowest BCUT2D eigenvalue weighted by Gasteiger charge is -2.05. The van der Waals surface area contributed by atoms with Crippen molar-refractivity contribution in [2.75, 3.05) is 6.61 Å². The molecule has 0 atom stereocenters. The van der Waals surface area contributed by atoms with Crippen molar-refractivity contribution in [3.63, 3.8) is 0 Å². The maximum absolute atomic E-state index is 12.0. The molecule has 26 heavy (non-hydrogen) atoms. The summed E-state index contributed by atoms with van der Waals surface area (Å²) in [5.74, 6) is -0.441. The molecule has 0 N–H and O–H groups in total. The molecule has 3 heteroatoms. The Bertz CT molecular complexity index is 620. The first kappa shape index (κ1) is 20.2. The van der Waals surface area contributed by atoms with Gasteiger partial charge in [0.05, 0.1) is 12.2 Å². The fraction of sp³-hybridized carbons (Fsp3) is 0.435. The molecule has 2 rings (SSSR count). The van der Waals surface area contributed by atoms with E-state index in [0.29, 0.717) is 12.2 Å². The predicted molar refractivity (Wildman–Crippen MR) is 106 cm³/mol. The van der Waals surface area contributed by atoms with E-state index >= 15 is 0 Å². The molecular weight excluding hydrogens is 324 g/mol. The molecule has 0 spiro atoms. The average molecular weight is 354 g/mol. The van der Waals surface area contributed by atoms with Gasteiger partial charge in [-0.1, -0.05) is 94.3 Å². The number of unbranched alkanes of at least 4 members (excludes halogenated alkanes) is 7. The molecule has 0 saturated heterocycles. The second-order valence-electron chi connectivity index (χ2n) is 6.61. The van der Waals surface area contributed by atoms with Crippen LogP contribution in [-0.4, -0.2) is 12.6 Å². The fourth-order valence-corrected chi connectivity index (χ4v) is 2.87. The van der Waals surface area contributed by atoms with Crippen molar-refractivity contribution >= 4 is 5.97 Å². The largest absolute Gasteiger partial charge is 0.373 e. The smallest absolute Gasteiger partial charge is 0.293 e. The van der Waals surface area contributed by atoms with Crippen molar-refractivity contribution in [3.05, 3.63) is 60.2 Å². The quantitative estimate of drug-likeness (QED) is 0.245. The molecule has 2 aromatic rings. The summed E-state index contributed by atoms with van der Waals surface area (Å²) in [6.45, 7) is 2.69. The number of carbonyl (C=O) groups excluding carboxylic acids is 1. The van der Waals surface area contributed by atoms with Crippen molar-refractivity contribution in [2.45, 2.75) is 58.3 Å². The van der Waals surface area contributed by atoms with Crippen LogP contribution in [0.15, 0.2) is 54.6 Å². The zero-order chi connectivity index (χ0) is 18.5. The first-order chi connectivity index (χ1) is 12.8. The van der Waals surface area contributed by atoms with Gasteiger partial charge < -0.3 is 0 Å². The number of hydrogen-bond donors (Lipinski definition) is 0. The highest BCUT2D eigenvalue weighted by Gasteiger charge is 2.08. The lowest BCUT2D eigenvalue weighted by Crippen LogP contribution is -2.07. The molecule has 0 amide bonds. The van der Waals surface area contributed by atoms with E-state index in [-0.39, 0.29) is 0 Å². The number of benzene rings is 2. The van der Waals surface area contributed by atoms with Crippen LogP contribution in [0.25, 0.3) is 11.1 Å². The highest BCUT2D eigenvalue weighted by Crippen LogP contribution is 2.19. The molecule has 0 aliphatic carbocycles. The van der Waals surface area contributed by atoms with E-state index in [4.69, 9.17) is 9.78 Å². The number of rotatable bonds is 12. The number of hydrogen-bond acceptors (Lipinski definition) is 3. The van der Waals surface area contributed by atoms with E-state index in [9.17, 15) is 4.79 Å². The zero-order valence-corrected chi connectivity index (χ0v) is 15.8. The second-order valence-corrected chi connectivity index (χ2v) is 6.61. The highest BCUT2D eigenvalue weighted by atomic mass is 17.2. The Labute approximate surface area is 157 Å². The molecule has 0 aliphatic heterocycles. The van der Waals surface area contributed by atoms with Crippen LogP contribution in [0.3, 0.4) is 0 Å². The van der Waals surface area contributed by atoms with E-state index in [1.54, 1.807) is 12.1 Å². The Morgan fingerprint density at radius 3 is 1.96 bits per heavy atom. The molecule has 0 aliphatic rings. The minimum absolute atomic E-state index is 0.441. The van der Waals surface area contributed by atoms with Crippen LogP contribution in [0.4, 0.5) is 0 Å². The van der Waals surface area contributed by atoms with Gasteiger partial charge in [0.25, 0.3) is 0 Å². The molecule has 0 heterocycles. The second kappa shape index (κ2) is 12.3. The monoisotopic (exact) mass is 354 g/mol. The van der Waals surface area contributed by atoms with Crippen molar-refractivity contribution in [1.82, 2.24) is 0 Å². The Balaban J connectivity index is 1.60. The summed E-state index contributed by atoms with van der Waals surface area (Å²) in [7, 11) is 0. The summed E-state index contributed by atoms with van der Waals surface area (Å²) >= 11 is 0. The third kappa shape index (κ3) is 7.40. The molecular formula is C23H30O3. The molecule has 0 radical (unpaired) electrons. The van der Waals surface area contributed by atoms with Crippen LogP contribution >= 0.6 is 0 Å². The summed E-state index contributed by atoms with van der Waals surface area (Å²) in [6.07, 6.45) is 9.84. The van der Waals surface area contributed by atoms with Gasteiger partial charge in [0.15, 0.2) is 0 Å². The summed E-state index contributed by atoms with van der Waals surface area (Å²) in [4.78, 5) is 21.9. The SMILES string of the molecule is CCCCCCCCCCOOC(=O)c1ccc(-c2ccccc2)cc1. The van der Waals surface area contributed by atoms with Gasteiger partial charge in [-0.3, -0.25) is 4.89 Å². The van der Waals surface area contributed by atoms with Gasteiger partial charge in [-0.25, -0.2) is 4.79 Å². The molecule has 0 aromatic heterocycles. The number of carbonyl (C=O) groups is 1. The van der Waals surface area contributed by atoms with E-state index < -0.39 is 5.97 Å². The van der Waals surface area contributed by atoms with Gasteiger partial charge in [-0.05, 0) is 29.7 Å². The van der Waals surface area contributed by atoms with Crippen LogP contribution in [0.5, 0.6) is 0 Å². The van der Waals surface area contributed by atoms with Gasteiger partial charge in [0, 0.05) is 0 Å². The molecule has 0 saturated carbocycles. The Morgan fingerprint density at radius 2 is 1.31 bits per heavy atom. The van der Waals surface area contributed by atoms with E-state index in [2.05, 4.69) is 6.92 Å². The van der Waals surface area contributed by atoms with Crippen molar-refractivity contribution in [2.24, 2.45) is 0 Å². The first-order valence-corrected chi connectivity index (χ1v) is 9.80.